The minimum absolute atomic E-state index is 0.0617. The molecule has 1 N–H and O–H groups in total. The van der Waals surface area contributed by atoms with Crippen LogP contribution in [0.4, 0.5) is 0 Å². The second-order valence-electron chi connectivity index (χ2n) is 1.51. The van der Waals surface area contributed by atoms with Gasteiger partial charge in [0.25, 0.3) is 10.1 Å². The largest absolute Gasteiger partial charge is 0.285 e. The van der Waals surface area contributed by atoms with Crippen LogP contribution in [-0.2, 0) is 10.1 Å². The predicted molar refractivity (Wildman–Crippen MR) is 43.8 cm³/mol. The van der Waals surface area contributed by atoms with Crippen LogP contribution in [-0.4, -0.2) is 31.0 Å². The van der Waals surface area contributed by atoms with Crippen molar-refractivity contribution in [3.8, 4) is 0 Å². The lowest BCUT2D eigenvalue weighted by atomic mass is 11.8. The fraction of sp³-hybridized carbons (Fsp3) is 1.00. The lowest BCUT2D eigenvalue weighted by Crippen LogP contribution is -1.98. The molecule has 0 fully saturated rings. The van der Waals surface area contributed by atoms with E-state index in [4.69, 9.17) is 4.55 Å². The van der Waals surface area contributed by atoms with Crippen LogP contribution in [0.15, 0.2) is 0 Å². The molecule has 56 valence electrons. The Labute approximate surface area is 58.9 Å². The van der Waals surface area contributed by atoms with Gasteiger partial charge in [0, 0.05) is 0 Å². The maximum absolute atomic E-state index is 10.1. The van der Waals surface area contributed by atoms with E-state index in [1.807, 2.05) is 6.66 Å². The maximum atomic E-state index is 10.1. The molecule has 0 aromatic heterocycles. The minimum Gasteiger partial charge on any atom is -0.285 e. The van der Waals surface area contributed by atoms with Crippen LogP contribution < -0.4 is 0 Å². The fourth-order valence-electron chi connectivity index (χ4n) is 0.305. The molecule has 0 spiro atoms. The number of rotatable bonds is 4. The van der Waals surface area contributed by atoms with Crippen LogP contribution in [0.3, 0.4) is 0 Å². The molecule has 0 aromatic rings. The molecule has 0 radical (unpaired) electrons. The Bertz CT molecular complexity index is 152. The number of hydrogen-bond acceptors (Lipinski definition) is 2. The molecule has 0 saturated heterocycles. The molecule has 0 aliphatic heterocycles. The van der Waals surface area contributed by atoms with Gasteiger partial charge in [-0.3, -0.25) is 4.55 Å². The minimum atomic E-state index is -3.68. The van der Waals surface area contributed by atoms with Crippen LogP contribution in [0.2, 0.25) is 0 Å². The van der Waals surface area contributed by atoms with E-state index in [0.717, 1.165) is 14.5 Å². The molecule has 0 bridgehead atoms. The second kappa shape index (κ2) is 4.56. The highest BCUT2D eigenvalue weighted by molar-refractivity contribution is 7.91. The quantitative estimate of drug-likeness (QED) is 0.403. The van der Waals surface area contributed by atoms with Crippen molar-refractivity contribution >= 4 is 27.3 Å². The maximum Gasteiger partial charge on any atom is 0.268 e. The van der Waals surface area contributed by atoms with Gasteiger partial charge in [-0.05, 0) is 12.6 Å². The smallest absolute Gasteiger partial charge is 0.268 e. The Morgan fingerprint density at radius 2 is 2.11 bits per heavy atom. The average Bonchev–Trinajstić information content (AvgIpc) is 1.63. The summed E-state index contributed by atoms with van der Waals surface area (Å²) >= 11 is 0. The van der Waals surface area contributed by atoms with E-state index in [0.29, 0.717) is 8.58 Å². The first-order valence-corrected chi connectivity index (χ1v) is 7.10. The summed E-state index contributed by atoms with van der Waals surface area (Å²) in [4.78, 5) is 0. The van der Waals surface area contributed by atoms with Crippen molar-refractivity contribution < 1.29 is 13.0 Å². The summed E-state index contributed by atoms with van der Waals surface area (Å²) in [7, 11) is -2.54. The third kappa shape index (κ3) is 8.77. The third-order valence-corrected chi connectivity index (χ3v) is 5.28. The van der Waals surface area contributed by atoms with Gasteiger partial charge in [-0.15, -0.1) is 8.58 Å². The molecule has 9 heavy (non-hydrogen) atoms. The van der Waals surface area contributed by atoms with E-state index in [-0.39, 0.29) is 5.49 Å². The SMILES string of the molecule is CPCPCS(=O)(=O)O. The summed E-state index contributed by atoms with van der Waals surface area (Å²) in [6.45, 7) is 2.01. The van der Waals surface area contributed by atoms with Crippen LogP contribution in [0.5, 0.6) is 0 Å². The van der Waals surface area contributed by atoms with Gasteiger partial charge in [0.15, 0.2) is 0 Å². The second-order valence-corrected chi connectivity index (χ2v) is 6.45. The molecule has 0 heterocycles. The van der Waals surface area contributed by atoms with Gasteiger partial charge in [-0.25, -0.2) is 0 Å². The molecule has 0 aliphatic rings. The Morgan fingerprint density at radius 1 is 1.56 bits per heavy atom. The molecule has 0 saturated carbocycles. The van der Waals surface area contributed by atoms with E-state index in [1.54, 1.807) is 0 Å². The van der Waals surface area contributed by atoms with Crippen LogP contribution in [0.25, 0.3) is 0 Å². The van der Waals surface area contributed by atoms with Crippen molar-refractivity contribution in [3.05, 3.63) is 0 Å². The fourth-order valence-corrected chi connectivity index (χ4v) is 3.66. The first-order valence-electron chi connectivity index (χ1n) is 2.37. The zero-order valence-corrected chi connectivity index (χ0v) is 7.90. The van der Waals surface area contributed by atoms with E-state index in [9.17, 15) is 8.42 Å². The summed E-state index contributed by atoms with van der Waals surface area (Å²) in [5.74, 6) is 0.916. The van der Waals surface area contributed by atoms with Gasteiger partial charge >= 0.3 is 0 Å². The molecule has 2 atom stereocenters. The predicted octanol–water partition coefficient (Wildman–Crippen LogP) is 0.776. The molecular formula is C3H10O3P2S. The monoisotopic (exact) mass is 188 g/mol. The normalized spacial score (nSPS) is 14.4. The van der Waals surface area contributed by atoms with Crippen LogP contribution in [0.1, 0.15) is 0 Å². The first kappa shape index (κ1) is 9.77. The molecule has 3 nitrogen and oxygen atoms in total. The number of hydrogen-bond donors (Lipinski definition) is 1. The summed E-state index contributed by atoms with van der Waals surface area (Å²) in [6.07, 6.45) is 0. The van der Waals surface area contributed by atoms with Crippen molar-refractivity contribution in [3.63, 3.8) is 0 Å². The Kier molecular flexibility index (Phi) is 4.96. The van der Waals surface area contributed by atoms with Crippen LogP contribution in [0, 0.1) is 0 Å². The average molecular weight is 188 g/mol. The third-order valence-electron chi connectivity index (χ3n) is 0.586. The Balaban J connectivity index is 3.30. The van der Waals surface area contributed by atoms with Crippen molar-refractivity contribution in [2.24, 2.45) is 0 Å². The van der Waals surface area contributed by atoms with Crippen molar-refractivity contribution in [1.82, 2.24) is 0 Å². The van der Waals surface area contributed by atoms with Gasteiger partial charge in [0.1, 0.15) is 0 Å². The highest BCUT2D eigenvalue weighted by Crippen LogP contribution is 2.21. The topological polar surface area (TPSA) is 54.4 Å². The molecule has 0 aliphatic carbocycles. The Hall–Kier alpha value is 0.770. The van der Waals surface area contributed by atoms with Crippen molar-refractivity contribution in [2.75, 3.05) is 18.1 Å². The van der Waals surface area contributed by atoms with Crippen molar-refractivity contribution in [2.45, 2.75) is 0 Å². The zero-order valence-electron chi connectivity index (χ0n) is 5.09. The van der Waals surface area contributed by atoms with Gasteiger partial charge in [-0.1, -0.05) is 8.58 Å². The standard InChI is InChI=1S/C3H10O3P2S/c1-7-2-8-3-9(4,5)6/h7-8H,2-3H2,1H3,(H,4,5,6). The molecule has 2 unspecified atom stereocenters. The van der Waals surface area contributed by atoms with Gasteiger partial charge in [0.05, 0.1) is 5.49 Å². The Morgan fingerprint density at radius 3 is 2.44 bits per heavy atom. The molecule has 0 amide bonds. The zero-order chi connectivity index (χ0) is 7.33. The van der Waals surface area contributed by atoms with E-state index in [2.05, 4.69) is 0 Å². The molecule has 0 aromatic carbocycles. The molecule has 0 rings (SSSR count). The van der Waals surface area contributed by atoms with Gasteiger partial charge in [-0.2, -0.15) is 8.42 Å². The summed E-state index contributed by atoms with van der Waals surface area (Å²) in [5.41, 5.74) is -0.0617. The lowest BCUT2D eigenvalue weighted by molar-refractivity contribution is 0.489. The van der Waals surface area contributed by atoms with E-state index in [1.165, 1.54) is 0 Å². The summed E-state index contributed by atoms with van der Waals surface area (Å²) in [5, 5.41) is 0. The summed E-state index contributed by atoms with van der Waals surface area (Å²) < 4.78 is 28.4. The van der Waals surface area contributed by atoms with Crippen molar-refractivity contribution in [1.29, 1.82) is 0 Å². The summed E-state index contributed by atoms with van der Waals surface area (Å²) in [6, 6.07) is 0. The van der Waals surface area contributed by atoms with Crippen LogP contribution >= 0.6 is 17.2 Å². The van der Waals surface area contributed by atoms with E-state index < -0.39 is 10.1 Å². The highest BCUT2D eigenvalue weighted by atomic mass is 32.2. The van der Waals surface area contributed by atoms with E-state index >= 15 is 0 Å². The van der Waals surface area contributed by atoms with Gasteiger partial charge < -0.3 is 0 Å². The molecule has 6 heteroatoms. The lowest BCUT2D eigenvalue weighted by Gasteiger charge is -1.93. The first-order chi connectivity index (χ1) is 4.06. The highest BCUT2D eigenvalue weighted by Gasteiger charge is 2.01. The molecular weight excluding hydrogens is 178 g/mol. The van der Waals surface area contributed by atoms with Gasteiger partial charge in [0.2, 0.25) is 0 Å².